The van der Waals surface area contributed by atoms with Gasteiger partial charge in [-0.15, -0.1) is 0 Å². The van der Waals surface area contributed by atoms with Crippen LogP contribution >= 0.6 is 0 Å². The fraction of sp³-hybridized carbons (Fsp3) is 0.800. The lowest BCUT2D eigenvalue weighted by molar-refractivity contribution is -0.128. The lowest BCUT2D eigenvalue weighted by atomic mass is 9.88. The maximum absolute atomic E-state index is 10.5. The van der Waals surface area contributed by atoms with Crippen LogP contribution in [-0.4, -0.2) is 18.0 Å². The first-order valence-electron chi connectivity index (χ1n) is 3.33. The Balaban J connectivity index is 3.26. The molecule has 0 spiro atoms. The van der Waals surface area contributed by atoms with Crippen molar-refractivity contribution >= 4 is 13.0 Å². The summed E-state index contributed by atoms with van der Waals surface area (Å²) in [6.07, 6.45) is 0.820. The lowest BCUT2D eigenvalue weighted by Crippen LogP contribution is -2.31. The zero-order valence-electron chi connectivity index (χ0n) is 6.26. The highest BCUT2D eigenvalue weighted by Crippen LogP contribution is 1.85. The van der Waals surface area contributed by atoms with Crippen LogP contribution in [0.2, 0.25) is 6.32 Å². The van der Waals surface area contributed by atoms with Gasteiger partial charge in [0.25, 0.3) is 0 Å². The highest BCUT2D eigenvalue weighted by atomic mass is 16.7. The molecule has 2 N–H and O–H groups in total. The maximum Gasteiger partial charge on any atom is 0.478 e. The van der Waals surface area contributed by atoms with Crippen molar-refractivity contribution < 1.29 is 14.6 Å². The summed E-state index contributed by atoms with van der Waals surface area (Å²) in [6.45, 7) is 3.46. The fourth-order valence-electron chi connectivity index (χ4n) is 0.289. The third kappa shape index (κ3) is 4.35. The predicted molar refractivity (Wildman–Crippen MR) is 38.0 cm³/mol. The summed E-state index contributed by atoms with van der Waals surface area (Å²) >= 11 is 0. The van der Waals surface area contributed by atoms with Crippen molar-refractivity contribution in [3.05, 3.63) is 0 Å². The molecule has 4 nitrogen and oxygen atoms in total. The SMILES string of the molecule is CCB(O)ONC(=O)CC. The van der Waals surface area contributed by atoms with E-state index in [1.807, 2.05) is 0 Å². The molecule has 0 atom stereocenters. The number of nitrogens with one attached hydrogen (secondary N) is 1. The van der Waals surface area contributed by atoms with Crippen molar-refractivity contribution in [1.82, 2.24) is 5.48 Å². The minimum Gasteiger partial charge on any atom is -0.426 e. The summed E-state index contributed by atoms with van der Waals surface area (Å²) in [5.74, 6) is -0.229. The second-order valence-electron chi connectivity index (χ2n) is 1.86. The molecule has 0 unspecified atom stereocenters. The maximum atomic E-state index is 10.5. The van der Waals surface area contributed by atoms with Crippen molar-refractivity contribution in [2.24, 2.45) is 0 Å². The highest BCUT2D eigenvalue weighted by Gasteiger charge is 2.09. The van der Waals surface area contributed by atoms with Gasteiger partial charge in [-0.1, -0.05) is 13.8 Å². The topological polar surface area (TPSA) is 58.6 Å². The Labute approximate surface area is 60.7 Å². The molecule has 0 saturated heterocycles. The largest absolute Gasteiger partial charge is 0.478 e. The fourth-order valence-corrected chi connectivity index (χ4v) is 0.289. The van der Waals surface area contributed by atoms with E-state index >= 15 is 0 Å². The van der Waals surface area contributed by atoms with Crippen LogP contribution in [0.25, 0.3) is 0 Å². The van der Waals surface area contributed by atoms with Crippen LogP contribution in [-0.2, 0) is 9.55 Å². The second kappa shape index (κ2) is 5.26. The molecule has 0 aromatic rings. The van der Waals surface area contributed by atoms with E-state index in [0.29, 0.717) is 12.7 Å². The Bertz CT molecular complexity index is 109. The van der Waals surface area contributed by atoms with Gasteiger partial charge in [-0.25, -0.2) is 5.48 Å². The van der Waals surface area contributed by atoms with Crippen LogP contribution in [0.5, 0.6) is 0 Å². The summed E-state index contributed by atoms with van der Waals surface area (Å²) in [6, 6.07) is 0. The van der Waals surface area contributed by atoms with Crippen LogP contribution < -0.4 is 5.48 Å². The molecule has 0 aliphatic heterocycles. The van der Waals surface area contributed by atoms with Gasteiger partial charge in [-0.3, -0.25) is 9.55 Å². The van der Waals surface area contributed by atoms with Crippen LogP contribution in [0.15, 0.2) is 0 Å². The van der Waals surface area contributed by atoms with Gasteiger partial charge in [0.05, 0.1) is 0 Å². The van der Waals surface area contributed by atoms with E-state index in [1.54, 1.807) is 13.8 Å². The van der Waals surface area contributed by atoms with Crippen LogP contribution in [0, 0.1) is 0 Å². The average Bonchev–Trinajstić information content (AvgIpc) is 1.99. The van der Waals surface area contributed by atoms with Crippen molar-refractivity contribution in [3.63, 3.8) is 0 Å². The highest BCUT2D eigenvalue weighted by molar-refractivity contribution is 6.42. The Morgan fingerprint density at radius 2 is 2.30 bits per heavy atom. The van der Waals surface area contributed by atoms with Crippen LogP contribution in [0.3, 0.4) is 0 Å². The molecular formula is C5H12BNO3. The molecular weight excluding hydrogens is 133 g/mol. The van der Waals surface area contributed by atoms with Gasteiger partial charge in [0, 0.05) is 6.42 Å². The second-order valence-corrected chi connectivity index (χ2v) is 1.86. The number of hydroxylamine groups is 1. The minimum absolute atomic E-state index is 0.229. The number of hydrogen-bond acceptors (Lipinski definition) is 3. The van der Waals surface area contributed by atoms with Crippen LogP contribution in [0.4, 0.5) is 0 Å². The van der Waals surface area contributed by atoms with Gasteiger partial charge < -0.3 is 5.02 Å². The molecule has 0 aromatic heterocycles. The van der Waals surface area contributed by atoms with Gasteiger partial charge >= 0.3 is 7.12 Å². The normalized spacial score (nSPS) is 9.10. The molecule has 5 heteroatoms. The van der Waals surface area contributed by atoms with E-state index in [0.717, 1.165) is 0 Å². The Hall–Kier alpha value is -0.545. The van der Waals surface area contributed by atoms with Crippen LogP contribution in [0.1, 0.15) is 20.3 Å². The monoisotopic (exact) mass is 145 g/mol. The zero-order chi connectivity index (χ0) is 7.98. The van der Waals surface area contributed by atoms with E-state index in [-0.39, 0.29) is 5.91 Å². The first-order chi connectivity index (χ1) is 4.70. The standard InChI is InChI=1S/C5H12BNO3/c1-3-5(8)7-10-6(9)4-2/h9H,3-4H2,1-2H3,(H,7,8). The molecule has 58 valence electrons. The number of carbonyl (C=O) groups is 1. The summed E-state index contributed by atoms with van der Waals surface area (Å²) in [7, 11) is -0.893. The molecule has 1 amide bonds. The molecule has 0 fully saturated rings. The zero-order valence-corrected chi connectivity index (χ0v) is 6.26. The van der Waals surface area contributed by atoms with Gasteiger partial charge in [0.15, 0.2) is 0 Å². The van der Waals surface area contributed by atoms with Gasteiger partial charge in [-0.05, 0) is 6.32 Å². The average molecular weight is 145 g/mol. The van der Waals surface area contributed by atoms with E-state index in [1.165, 1.54) is 0 Å². The molecule has 0 aromatic carbocycles. The molecule has 0 aliphatic carbocycles. The number of rotatable bonds is 4. The molecule has 0 radical (unpaired) electrons. The lowest BCUT2D eigenvalue weighted by Gasteiger charge is -2.04. The molecule has 0 rings (SSSR count). The van der Waals surface area contributed by atoms with Gasteiger partial charge in [-0.2, -0.15) is 0 Å². The van der Waals surface area contributed by atoms with E-state index in [9.17, 15) is 4.79 Å². The third-order valence-corrected chi connectivity index (χ3v) is 0.979. The van der Waals surface area contributed by atoms with Crippen molar-refractivity contribution in [2.75, 3.05) is 0 Å². The van der Waals surface area contributed by atoms with Crippen molar-refractivity contribution in [1.29, 1.82) is 0 Å². The quantitative estimate of drug-likeness (QED) is 0.430. The van der Waals surface area contributed by atoms with Gasteiger partial charge in [0.2, 0.25) is 5.91 Å². The number of carbonyl (C=O) groups excluding carboxylic acids is 1. The summed E-state index contributed by atoms with van der Waals surface area (Å²) in [4.78, 5) is 10.5. The van der Waals surface area contributed by atoms with Gasteiger partial charge in [0.1, 0.15) is 0 Å². The smallest absolute Gasteiger partial charge is 0.426 e. The Morgan fingerprint density at radius 3 is 2.70 bits per heavy atom. The first kappa shape index (κ1) is 9.45. The van der Waals surface area contributed by atoms with Crippen molar-refractivity contribution in [2.45, 2.75) is 26.6 Å². The Morgan fingerprint density at radius 1 is 1.70 bits per heavy atom. The van der Waals surface area contributed by atoms with E-state index in [2.05, 4.69) is 10.2 Å². The molecule has 0 bridgehead atoms. The van der Waals surface area contributed by atoms with Crippen molar-refractivity contribution in [3.8, 4) is 0 Å². The predicted octanol–water partition coefficient (Wildman–Crippen LogP) is -0.0554. The minimum atomic E-state index is -0.893. The molecule has 0 aliphatic rings. The Kier molecular flexibility index (Phi) is 4.97. The number of hydrogen-bond donors (Lipinski definition) is 2. The third-order valence-electron chi connectivity index (χ3n) is 0.979. The molecule has 0 saturated carbocycles. The molecule has 10 heavy (non-hydrogen) atoms. The summed E-state index contributed by atoms with van der Waals surface area (Å²) < 4.78 is 4.50. The molecule has 0 heterocycles. The summed E-state index contributed by atoms with van der Waals surface area (Å²) in [5, 5.41) is 8.77. The van der Waals surface area contributed by atoms with E-state index < -0.39 is 7.12 Å². The number of amides is 1. The summed E-state index contributed by atoms with van der Waals surface area (Å²) in [5.41, 5.74) is 2.09. The van der Waals surface area contributed by atoms with E-state index in [4.69, 9.17) is 5.02 Å². The first-order valence-corrected chi connectivity index (χ1v) is 3.33.